The molecule has 88 heavy (non-hydrogen) atoms. The van der Waals surface area contributed by atoms with Crippen molar-refractivity contribution in [3.8, 4) is 0 Å². The van der Waals surface area contributed by atoms with Crippen molar-refractivity contribution in [1.82, 2.24) is 0 Å². The van der Waals surface area contributed by atoms with Gasteiger partial charge in [0.05, 0.1) is 26.4 Å². The minimum atomic E-state index is -4.95. The van der Waals surface area contributed by atoms with Gasteiger partial charge in [0.15, 0.2) is 12.2 Å². The first-order valence-corrected chi connectivity index (χ1v) is 39.2. The number of esters is 4. The molecule has 522 valence electrons. The van der Waals surface area contributed by atoms with Crippen LogP contribution in [-0.4, -0.2) is 96.7 Å². The van der Waals surface area contributed by atoms with Crippen molar-refractivity contribution in [3.63, 3.8) is 0 Å². The van der Waals surface area contributed by atoms with Gasteiger partial charge in [0.25, 0.3) is 0 Å². The van der Waals surface area contributed by atoms with E-state index in [1.807, 2.05) is 0 Å². The summed E-state index contributed by atoms with van der Waals surface area (Å²) in [4.78, 5) is 72.3. The average molecular weight is 1300 g/mol. The van der Waals surface area contributed by atoms with Crippen LogP contribution in [0.3, 0.4) is 0 Å². The first kappa shape index (κ1) is 86.1. The summed E-state index contributed by atoms with van der Waals surface area (Å²) in [6, 6.07) is 0. The van der Waals surface area contributed by atoms with Crippen LogP contribution in [-0.2, 0) is 65.4 Å². The molecule has 17 nitrogen and oxygen atoms in total. The lowest BCUT2D eigenvalue weighted by Gasteiger charge is -2.21. The zero-order valence-corrected chi connectivity index (χ0v) is 58.6. The molecule has 0 spiro atoms. The number of rotatable bonds is 69. The molecule has 0 fully saturated rings. The number of hydrogen-bond donors (Lipinski definition) is 3. The van der Waals surface area contributed by atoms with E-state index in [-0.39, 0.29) is 25.7 Å². The van der Waals surface area contributed by atoms with Crippen molar-refractivity contribution < 1.29 is 80.2 Å². The van der Waals surface area contributed by atoms with Gasteiger partial charge in [-0.15, -0.1) is 0 Å². The molecule has 0 aromatic rings. The second kappa shape index (κ2) is 62.5. The third-order valence-corrected chi connectivity index (χ3v) is 18.3. The Morgan fingerprint density at radius 1 is 0.318 bits per heavy atom. The molecule has 0 bridgehead atoms. The van der Waals surface area contributed by atoms with Crippen molar-refractivity contribution in [2.24, 2.45) is 5.92 Å². The number of phosphoric acid groups is 2. The Balaban J connectivity index is 5.16. The van der Waals surface area contributed by atoms with Gasteiger partial charge in [-0.1, -0.05) is 304 Å². The molecule has 0 aromatic carbocycles. The third-order valence-electron chi connectivity index (χ3n) is 16.4. The standard InChI is InChI=1S/C69H134O17P2/c1-6-10-13-16-18-20-22-24-26-28-30-36-40-45-50-55-69(74)86-65(59-80-67(72)53-48-43-38-34-32-31-33-37-42-46-51-62(5)9-4)61-84-88(77,78)82-57-63(70)56-81-87(75,76)83-60-64(58-79-66(71)52-47-41-15-12-8-3)85-68(73)54-49-44-39-35-29-27-25-23-21-19-17-14-11-7-2/h62-65,70H,6-61H2,1-5H3,(H,75,76)(H,77,78)/t62?,63-,64+,65+/m0/s1. The molecule has 0 radical (unpaired) electrons. The van der Waals surface area contributed by atoms with Gasteiger partial charge in [0, 0.05) is 25.7 Å². The van der Waals surface area contributed by atoms with Crippen molar-refractivity contribution in [2.75, 3.05) is 39.6 Å². The van der Waals surface area contributed by atoms with Gasteiger partial charge in [-0.2, -0.15) is 0 Å². The van der Waals surface area contributed by atoms with Crippen molar-refractivity contribution in [1.29, 1.82) is 0 Å². The molecule has 0 aliphatic rings. The van der Waals surface area contributed by atoms with Crippen molar-refractivity contribution in [2.45, 2.75) is 374 Å². The largest absolute Gasteiger partial charge is 0.472 e. The SMILES string of the molecule is CCCCCCCCCCCCCCCCCC(=O)O[C@H](COC(=O)CCCCCCCCCCCCC(C)CC)COP(=O)(O)OC[C@@H](O)COP(=O)(O)OC[C@@H](COC(=O)CCCCCCC)OC(=O)CCCCCCCCCCCCCCCC. The first-order chi connectivity index (χ1) is 42.6. The summed E-state index contributed by atoms with van der Waals surface area (Å²) in [6.07, 6.45) is 48.8. The predicted octanol–water partition coefficient (Wildman–Crippen LogP) is 19.7. The van der Waals surface area contributed by atoms with Gasteiger partial charge in [0.2, 0.25) is 0 Å². The van der Waals surface area contributed by atoms with Gasteiger partial charge in [-0.25, -0.2) is 9.13 Å². The van der Waals surface area contributed by atoms with Crippen LogP contribution in [0, 0.1) is 5.92 Å². The molecule has 3 unspecified atom stereocenters. The molecule has 0 amide bonds. The van der Waals surface area contributed by atoms with Crippen molar-refractivity contribution >= 4 is 39.5 Å². The monoisotopic (exact) mass is 1300 g/mol. The number of aliphatic hydroxyl groups is 1. The topological polar surface area (TPSA) is 237 Å². The second-order valence-electron chi connectivity index (χ2n) is 25.2. The number of aliphatic hydroxyl groups excluding tert-OH is 1. The highest BCUT2D eigenvalue weighted by Crippen LogP contribution is 2.45. The van der Waals surface area contributed by atoms with E-state index >= 15 is 0 Å². The van der Waals surface area contributed by atoms with Crippen LogP contribution in [0.15, 0.2) is 0 Å². The Hall–Kier alpha value is -1.94. The minimum absolute atomic E-state index is 0.107. The summed E-state index contributed by atoms with van der Waals surface area (Å²) in [6.45, 7) is 7.19. The molecule has 0 rings (SSSR count). The summed E-state index contributed by atoms with van der Waals surface area (Å²) in [5.74, 6) is -1.32. The van der Waals surface area contributed by atoms with E-state index in [1.165, 1.54) is 173 Å². The number of phosphoric ester groups is 2. The first-order valence-electron chi connectivity index (χ1n) is 36.2. The highest BCUT2D eigenvalue weighted by Gasteiger charge is 2.30. The van der Waals surface area contributed by atoms with Crippen LogP contribution in [0.25, 0.3) is 0 Å². The number of carbonyl (C=O) groups excluding carboxylic acids is 4. The van der Waals surface area contributed by atoms with E-state index in [1.54, 1.807) is 0 Å². The highest BCUT2D eigenvalue weighted by atomic mass is 31.2. The number of unbranched alkanes of at least 4 members (excludes halogenated alkanes) is 40. The van der Waals surface area contributed by atoms with E-state index in [4.69, 9.17) is 37.0 Å². The fourth-order valence-corrected chi connectivity index (χ4v) is 12.0. The zero-order valence-electron chi connectivity index (χ0n) is 56.9. The predicted molar refractivity (Wildman–Crippen MR) is 354 cm³/mol. The lowest BCUT2D eigenvalue weighted by atomic mass is 9.99. The number of hydrogen-bond acceptors (Lipinski definition) is 15. The fourth-order valence-electron chi connectivity index (χ4n) is 10.4. The Labute approximate surface area is 537 Å². The maximum Gasteiger partial charge on any atom is 0.472 e. The summed E-state index contributed by atoms with van der Waals surface area (Å²) in [5.41, 5.74) is 0. The Kier molecular flexibility index (Phi) is 61.1. The fraction of sp³-hybridized carbons (Fsp3) is 0.942. The van der Waals surface area contributed by atoms with Gasteiger partial charge in [0.1, 0.15) is 19.3 Å². The van der Waals surface area contributed by atoms with E-state index in [0.717, 1.165) is 102 Å². The third kappa shape index (κ3) is 61.6. The van der Waals surface area contributed by atoms with Gasteiger partial charge >= 0.3 is 39.5 Å². The van der Waals surface area contributed by atoms with E-state index in [0.29, 0.717) is 25.7 Å². The normalized spacial score (nSPS) is 14.4. The summed E-state index contributed by atoms with van der Waals surface area (Å²) >= 11 is 0. The van der Waals surface area contributed by atoms with E-state index in [9.17, 15) is 43.2 Å². The smallest absolute Gasteiger partial charge is 0.462 e. The highest BCUT2D eigenvalue weighted by molar-refractivity contribution is 7.47. The van der Waals surface area contributed by atoms with Crippen LogP contribution in [0.4, 0.5) is 0 Å². The van der Waals surface area contributed by atoms with Gasteiger partial charge in [-0.05, 0) is 31.6 Å². The van der Waals surface area contributed by atoms with E-state index < -0.39 is 97.5 Å². The van der Waals surface area contributed by atoms with Crippen LogP contribution in [0.2, 0.25) is 0 Å². The van der Waals surface area contributed by atoms with Crippen LogP contribution in [0.5, 0.6) is 0 Å². The summed E-state index contributed by atoms with van der Waals surface area (Å²) in [5, 5.41) is 10.6. The molecule has 19 heteroatoms. The molecular weight excluding hydrogens is 1160 g/mol. The molecular formula is C69H134O17P2. The quantitative estimate of drug-likeness (QED) is 0.0222. The average Bonchev–Trinajstić information content (AvgIpc) is 3.58. The molecule has 0 heterocycles. The molecule has 0 saturated carbocycles. The Morgan fingerprint density at radius 2 is 0.545 bits per heavy atom. The second-order valence-corrected chi connectivity index (χ2v) is 28.1. The molecule has 0 aromatic heterocycles. The summed E-state index contributed by atoms with van der Waals surface area (Å²) in [7, 11) is -9.89. The maximum atomic E-state index is 13.0. The summed E-state index contributed by atoms with van der Waals surface area (Å²) < 4.78 is 68.1. The lowest BCUT2D eigenvalue weighted by Crippen LogP contribution is -2.30. The maximum absolute atomic E-state index is 13.0. The molecule has 3 N–H and O–H groups in total. The zero-order chi connectivity index (χ0) is 64.9. The Morgan fingerprint density at radius 3 is 0.807 bits per heavy atom. The van der Waals surface area contributed by atoms with Gasteiger partial charge in [-0.3, -0.25) is 37.3 Å². The minimum Gasteiger partial charge on any atom is -0.462 e. The van der Waals surface area contributed by atoms with Crippen LogP contribution < -0.4 is 0 Å². The number of ether oxygens (including phenoxy) is 4. The molecule has 0 saturated heterocycles. The van der Waals surface area contributed by atoms with Crippen LogP contribution >= 0.6 is 15.6 Å². The lowest BCUT2D eigenvalue weighted by molar-refractivity contribution is -0.161. The van der Waals surface area contributed by atoms with E-state index in [2.05, 4.69) is 34.6 Å². The van der Waals surface area contributed by atoms with Crippen LogP contribution in [0.1, 0.15) is 356 Å². The number of carbonyl (C=O) groups is 4. The molecule has 0 aliphatic carbocycles. The molecule has 6 atom stereocenters. The Bertz CT molecular complexity index is 1710. The van der Waals surface area contributed by atoms with Crippen molar-refractivity contribution in [3.05, 3.63) is 0 Å². The van der Waals surface area contributed by atoms with Gasteiger partial charge < -0.3 is 33.8 Å². The molecule has 0 aliphatic heterocycles.